The number of carbonyl (C=O) groups is 1. The second-order valence-electron chi connectivity index (χ2n) is 11.7. The lowest BCUT2D eigenvalue weighted by molar-refractivity contribution is -0.215. The Morgan fingerprint density at radius 2 is 1.97 bits per heavy atom. The Morgan fingerprint density at radius 3 is 2.75 bits per heavy atom. The van der Waals surface area contributed by atoms with Gasteiger partial charge in [0.25, 0.3) is 0 Å². The van der Waals surface area contributed by atoms with E-state index in [0.29, 0.717) is 13.0 Å². The third kappa shape index (κ3) is 3.11. The lowest BCUT2D eigenvalue weighted by atomic mass is 9.48. The number of methoxy groups -OCH3 is 1. The predicted octanol–water partition coefficient (Wildman–Crippen LogP) is 4.88. The summed E-state index contributed by atoms with van der Waals surface area (Å²) < 4.78 is 19.5. The molecule has 5 nitrogen and oxygen atoms in total. The van der Waals surface area contributed by atoms with Gasteiger partial charge in [-0.15, -0.1) is 0 Å². The van der Waals surface area contributed by atoms with Crippen LogP contribution in [0.3, 0.4) is 0 Å². The Kier molecular flexibility index (Phi) is 5.44. The van der Waals surface area contributed by atoms with Gasteiger partial charge in [-0.2, -0.15) is 0 Å². The van der Waals surface area contributed by atoms with Crippen LogP contribution in [0.25, 0.3) is 0 Å². The summed E-state index contributed by atoms with van der Waals surface area (Å²) in [6, 6.07) is 15.2. The van der Waals surface area contributed by atoms with Crippen molar-refractivity contribution in [2.75, 3.05) is 26.8 Å². The summed E-state index contributed by atoms with van der Waals surface area (Å²) in [7, 11) is 1.70. The molecule has 2 heterocycles. The summed E-state index contributed by atoms with van der Waals surface area (Å²) in [4.78, 5) is 16.2. The highest BCUT2D eigenvalue weighted by Gasteiger charge is 2.74. The summed E-state index contributed by atoms with van der Waals surface area (Å²) in [5.41, 5.74) is 3.10. The second-order valence-corrected chi connectivity index (χ2v) is 11.7. The van der Waals surface area contributed by atoms with Gasteiger partial charge in [-0.25, -0.2) is 0 Å². The lowest BCUT2D eigenvalue weighted by Gasteiger charge is -2.64. The van der Waals surface area contributed by atoms with Crippen LogP contribution in [0.1, 0.15) is 61.6 Å². The number of piperidine rings is 1. The summed E-state index contributed by atoms with van der Waals surface area (Å²) in [6.07, 6.45) is 8.79. The van der Waals surface area contributed by atoms with Gasteiger partial charge in [0.05, 0.1) is 18.1 Å². The van der Waals surface area contributed by atoms with Crippen molar-refractivity contribution in [3.8, 4) is 11.5 Å². The van der Waals surface area contributed by atoms with Crippen molar-refractivity contribution in [3.63, 3.8) is 0 Å². The molecule has 0 unspecified atom stereocenters. The largest absolute Gasteiger partial charge is 0.493 e. The quantitative estimate of drug-likeness (QED) is 0.497. The van der Waals surface area contributed by atoms with Gasteiger partial charge in [-0.05, 0) is 74.6 Å². The van der Waals surface area contributed by atoms with Crippen LogP contribution in [-0.2, 0) is 27.8 Å². The molecule has 4 atom stereocenters. The van der Waals surface area contributed by atoms with E-state index in [9.17, 15) is 4.79 Å². The fourth-order valence-corrected chi connectivity index (χ4v) is 8.23. The van der Waals surface area contributed by atoms with Crippen molar-refractivity contribution in [1.29, 1.82) is 0 Å². The summed E-state index contributed by atoms with van der Waals surface area (Å²) in [5, 5.41) is 0. The van der Waals surface area contributed by atoms with Gasteiger partial charge >= 0.3 is 0 Å². The van der Waals surface area contributed by atoms with Gasteiger partial charge in [-0.3, -0.25) is 9.69 Å². The highest BCUT2D eigenvalue weighted by molar-refractivity contribution is 5.90. The van der Waals surface area contributed by atoms with E-state index in [4.69, 9.17) is 14.2 Å². The first kappa shape index (κ1) is 22.8. The molecule has 2 aromatic rings. The average Bonchev–Trinajstić information content (AvgIpc) is 3.23. The zero-order chi connectivity index (χ0) is 24.3. The van der Waals surface area contributed by atoms with Crippen LogP contribution in [0, 0.1) is 5.92 Å². The molecule has 1 spiro atoms. The second kappa shape index (κ2) is 8.59. The van der Waals surface area contributed by atoms with Crippen molar-refractivity contribution in [2.24, 2.45) is 5.92 Å². The first-order chi connectivity index (χ1) is 17.7. The standard InChI is InChI=1S/C31H37NO4/c1-34-25-13-12-23-19-26-31(35-18-6-11-21-7-3-2-4-8-21)15-14-24(33)29-30(31,27(23)28(25)36-29)16-17-32(26)20-22-9-5-10-22/h2-4,7-8,12-13,22,26,29H,5-6,9-11,14-20H2,1H3/t26-,29+,30+,31-/m1/s1. The number of carbonyl (C=O) groups excluding carboxylic acids is 1. The smallest absolute Gasteiger partial charge is 0.174 e. The lowest BCUT2D eigenvalue weighted by Crippen LogP contribution is -2.77. The molecule has 2 aromatic carbocycles. The third-order valence-electron chi connectivity index (χ3n) is 10.1. The number of hydrogen-bond acceptors (Lipinski definition) is 5. The molecule has 5 heteroatoms. The fourth-order valence-electron chi connectivity index (χ4n) is 8.23. The monoisotopic (exact) mass is 487 g/mol. The van der Waals surface area contributed by atoms with Crippen LogP contribution in [0.15, 0.2) is 42.5 Å². The number of benzene rings is 2. The van der Waals surface area contributed by atoms with Crippen LogP contribution in [-0.4, -0.2) is 55.2 Å². The van der Waals surface area contributed by atoms with E-state index in [1.807, 2.05) is 6.07 Å². The molecule has 2 aliphatic heterocycles. The molecular formula is C31H37NO4. The van der Waals surface area contributed by atoms with Gasteiger partial charge in [0.15, 0.2) is 23.4 Å². The van der Waals surface area contributed by atoms with E-state index >= 15 is 0 Å². The maximum Gasteiger partial charge on any atom is 0.174 e. The number of ether oxygens (including phenoxy) is 3. The minimum Gasteiger partial charge on any atom is -0.493 e. The summed E-state index contributed by atoms with van der Waals surface area (Å²) >= 11 is 0. The Balaban J connectivity index is 1.28. The van der Waals surface area contributed by atoms with Crippen LogP contribution >= 0.6 is 0 Å². The van der Waals surface area contributed by atoms with E-state index in [2.05, 4.69) is 41.3 Å². The van der Waals surface area contributed by atoms with Gasteiger partial charge in [0, 0.05) is 31.2 Å². The Labute approximate surface area is 214 Å². The van der Waals surface area contributed by atoms with Crippen LogP contribution < -0.4 is 9.47 Å². The summed E-state index contributed by atoms with van der Waals surface area (Å²) in [5.74, 6) is 2.59. The number of rotatable bonds is 8. The topological polar surface area (TPSA) is 48.0 Å². The Morgan fingerprint density at radius 1 is 1.11 bits per heavy atom. The number of likely N-dealkylation sites (tertiary alicyclic amines) is 1. The number of nitrogens with zero attached hydrogens (tertiary/aromatic N) is 1. The normalized spacial score (nSPS) is 32.5. The number of aryl methyl sites for hydroxylation is 1. The van der Waals surface area contributed by atoms with Crippen molar-refractivity contribution < 1.29 is 19.0 Å². The molecule has 7 rings (SSSR count). The summed E-state index contributed by atoms with van der Waals surface area (Å²) in [6.45, 7) is 2.88. The zero-order valence-corrected chi connectivity index (χ0v) is 21.3. The van der Waals surface area contributed by atoms with Gasteiger partial charge in [0.2, 0.25) is 0 Å². The van der Waals surface area contributed by atoms with E-state index in [1.165, 1.54) is 36.0 Å². The van der Waals surface area contributed by atoms with Crippen LogP contribution in [0.4, 0.5) is 0 Å². The van der Waals surface area contributed by atoms with Crippen molar-refractivity contribution in [2.45, 2.75) is 80.9 Å². The molecule has 2 bridgehead atoms. The van der Waals surface area contributed by atoms with Gasteiger partial charge in [-0.1, -0.05) is 42.8 Å². The maximum atomic E-state index is 13.5. The van der Waals surface area contributed by atoms with E-state index in [0.717, 1.165) is 62.6 Å². The van der Waals surface area contributed by atoms with Gasteiger partial charge < -0.3 is 14.2 Å². The number of hydrogen-bond donors (Lipinski definition) is 0. The van der Waals surface area contributed by atoms with E-state index in [1.54, 1.807) is 7.11 Å². The Bertz CT molecular complexity index is 1160. The van der Waals surface area contributed by atoms with E-state index < -0.39 is 17.1 Å². The fraction of sp³-hybridized carbons (Fsp3) is 0.581. The molecule has 5 aliphatic rings. The minimum atomic E-state index is -0.459. The molecule has 3 aliphatic carbocycles. The first-order valence-corrected chi connectivity index (χ1v) is 14.0. The molecule has 190 valence electrons. The average molecular weight is 488 g/mol. The van der Waals surface area contributed by atoms with Crippen molar-refractivity contribution >= 4 is 5.78 Å². The third-order valence-corrected chi connectivity index (χ3v) is 10.1. The number of Topliss-reactive ketones (excluding diaryl/α,β-unsaturated/α-hetero) is 1. The molecule has 0 aromatic heterocycles. The number of ketones is 1. The molecule has 2 saturated carbocycles. The first-order valence-electron chi connectivity index (χ1n) is 14.0. The van der Waals surface area contributed by atoms with E-state index in [-0.39, 0.29) is 11.8 Å². The Hall–Kier alpha value is -2.37. The molecular weight excluding hydrogens is 450 g/mol. The van der Waals surface area contributed by atoms with Crippen LogP contribution in [0.2, 0.25) is 0 Å². The van der Waals surface area contributed by atoms with Crippen molar-refractivity contribution in [1.82, 2.24) is 4.90 Å². The highest BCUT2D eigenvalue weighted by Crippen LogP contribution is 2.66. The molecule has 1 saturated heterocycles. The SMILES string of the molecule is COc1ccc2c3c1O[C@H]1C(=O)CC[C@@]4(OCCCc5ccccc5)[C@@H](C2)N(CC2CCC2)CC[C@]314. The van der Waals surface area contributed by atoms with Crippen LogP contribution in [0.5, 0.6) is 11.5 Å². The predicted molar refractivity (Wildman–Crippen MR) is 138 cm³/mol. The highest BCUT2D eigenvalue weighted by atomic mass is 16.5. The molecule has 0 radical (unpaired) electrons. The van der Waals surface area contributed by atoms with Gasteiger partial charge in [0.1, 0.15) is 0 Å². The molecule has 3 fully saturated rings. The zero-order valence-electron chi connectivity index (χ0n) is 21.3. The minimum absolute atomic E-state index is 0.232. The van der Waals surface area contributed by atoms with Crippen molar-refractivity contribution in [3.05, 3.63) is 59.2 Å². The maximum absolute atomic E-state index is 13.5. The molecule has 0 N–H and O–H groups in total. The molecule has 0 amide bonds. The molecule has 36 heavy (non-hydrogen) atoms.